The van der Waals surface area contributed by atoms with Crippen molar-refractivity contribution in [2.24, 2.45) is 5.73 Å². The van der Waals surface area contributed by atoms with Gasteiger partial charge in [-0.3, -0.25) is 9.69 Å². The molecule has 176 valence electrons. The van der Waals surface area contributed by atoms with E-state index in [0.717, 1.165) is 93.3 Å². The highest BCUT2D eigenvalue weighted by molar-refractivity contribution is 5.85. The summed E-state index contributed by atoms with van der Waals surface area (Å²) in [5.41, 5.74) is 15.0. The van der Waals surface area contributed by atoms with Crippen molar-refractivity contribution in [2.75, 3.05) is 25.4 Å². The van der Waals surface area contributed by atoms with Crippen LogP contribution in [0.4, 0.5) is 5.82 Å². The monoisotopic (exact) mass is 462 g/mol. The molecule has 2 heterocycles. The first-order chi connectivity index (χ1) is 15.0. The van der Waals surface area contributed by atoms with Gasteiger partial charge in [-0.2, -0.15) is 15.2 Å². The number of aromatic nitrogens is 2. The highest BCUT2D eigenvalue weighted by Gasteiger charge is 2.28. The standard InChI is InChI=1S/C23H34N6O2.ClH/c1-2-3-13-31-23-27-20-17(16(15-24)14-18(20)21(25)28-23)9-5-4-7-11-29-12-8-6-10-19(29)22(26)30;/h19H,2-14H2,1H3,(H2,26,30)(H2,25,27,28);1H. The second kappa shape index (κ2) is 12.6. The summed E-state index contributed by atoms with van der Waals surface area (Å²) in [6.07, 6.45) is 9.27. The smallest absolute Gasteiger partial charge is 0.318 e. The molecule has 3 rings (SSSR count). The number of hydrogen-bond acceptors (Lipinski definition) is 7. The van der Waals surface area contributed by atoms with Gasteiger partial charge in [0.1, 0.15) is 5.82 Å². The maximum atomic E-state index is 11.7. The van der Waals surface area contributed by atoms with Gasteiger partial charge in [0.2, 0.25) is 5.91 Å². The molecule has 9 heteroatoms. The van der Waals surface area contributed by atoms with E-state index in [0.29, 0.717) is 24.9 Å². The van der Waals surface area contributed by atoms with Gasteiger partial charge < -0.3 is 16.2 Å². The van der Waals surface area contributed by atoms with Gasteiger partial charge in [0.05, 0.1) is 24.4 Å². The molecule has 1 amide bonds. The first-order valence-electron chi connectivity index (χ1n) is 11.5. The van der Waals surface area contributed by atoms with Gasteiger partial charge in [0, 0.05) is 17.6 Å². The number of piperidine rings is 1. The lowest BCUT2D eigenvalue weighted by Gasteiger charge is -2.33. The van der Waals surface area contributed by atoms with E-state index in [4.69, 9.17) is 16.2 Å². The fraction of sp³-hybridized carbons (Fsp3) is 0.652. The number of nitrogens with zero attached hydrogens (tertiary/aromatic N) is 4. The average Bonchev–Trinajstić information content (AvgIpc) is 3.12. The SMILES string of the molecule is CCCCOc1nc(N)c2c(n1)C(CCCCCN1CCCCC1C(N)=O)=C(C#N)C2.Cl. The molecule has 1 aromatic rings. The number of rotatable bonds is 11. The Hall–Kier alpha value is -2.37. The van der Waals surface area contributed by atoms with Crippen molar-refractivity contribution in [2.45, 2.75) is 77.2 Å². The third-order valence-electron chi connectivity index (χ3n) is 6.20. The number of hydrogen-bond donors (Lipinski definition) is 2. The summed E-state index contributed by atoms with van der Waals surface area (Å²) < 4.78 is 5.66. The Labute approximate surface area is 196 Å². The van der Waals surface area contributed by atoms with E-state index in [1.165, 1.54) is 0 Å². The van der Waals surface area contributed by atoms with Crippen molar-refractivity contribution in [3.8, 4) is 12.1 Å². The van der Waals surface area contributed by atoms with Crippen molar-refractivity contribution in [3.63, 3.8) is 0 Å². The number of nitriles is 1. The maximum Gasteiger partial charge on any atom is 0.318 e. The molecule has 4 N–H and O–H groups in total. The Morgan fingerprint density at radius 2 is 2.06 bits per heavy atom. The molecular weight excluding hydrogens is 428 g/mol. The Balaban J connectivity index is 0.00000363. The Kier molecular flexibility index (Phi) is 10.2. The number of carbonyl (C=O) groups excluding carboxylic acids is 1. The van der Waals surface area contributed by atoms with E-state index in [1.807, 2.05) is 0 Å². The van der Waals surface area contributed by atoms with Crippen molar-refractivity contribution >= 4 is 29.7 Å². The minimum absolute atomic E-state index is 0. The summed E-state index contributed by atoms with van der Waals surface area (Å²) in [5.74, 6) is 0.196. The summed E-state index contributed by atoms with van der Waals surface area (Å²) >= 11 is 0. The number of amides is 1. The number of anilines is 1. The van der Waals surface area contributed by atoms with Crippen molar-refractivity contribution in [1.29, 1.82) is 5.26 Å². The number of carbonyl (C=O) groups is 1. The van der Waals surface area contributed by atoms with Crippen LogP contribution >= 0.6 is 12.4 Å². The molecule has 1 aliphatic heterocycles. The molecule has 0 saturated carbocycles. The van der Waals surface area contributed by atoms with Crippen LogP contribution in [0.5, 0.6) is 6.01 Å². The summed E-state index contributed by atoms with van der Waals surface area (Å²) in [4.78, 5) is 22.7. The van der Waals surface area contributed by atoms with E-state index >= 15 is 0 Å². The summed E-state index contributed by atoms with van der Waals surface area (Å²) in [6, 6.07) is 2.51. The number of halogens is 1. The molecule has 0 radical (unpaired) electrons. The first-order valence-corrected chi connectivity index (χ1v) is 11.5. The molecule has 0 bridgehead atoms. The molecule has 0 aromatic carbocycles. The van der Waals surface area contributed by atoms with Crippen LogP contribution < -0.4 is 16.2 Å². The van der Waals surface area contributed by atoms with Crippen LogP contribution in [-0.4, -0.2) is 46.5 Å². The van der Waals surface area contributed by atoms with Crippen LogP contribution in [0.3, 0.4) is 0 Å². The Bertz CT molecular complexity index is 867. The number of ether oxygens (including phenoxy) is 1. The quantitative estimate of drug-likeness (QED) is 0.481. The summed E-state index contributed by atoms with van der Waals surface area (Å²) in [6.45, 7) is 4.49. The van der Waals surface area contributed by atoms with Gasteiger partial charge in [0.25, 0.3) is 0 Å². The lowest BCUT2D eigenvalue weighted by Crippen LogP contribution is -2.47. The second-order valence-corrected chi connectivity index (χ2v) is 8.43. The molecule has 1 saturated heterocycles. The Morgan fingerprint density at radius 1 is 1.25 bits per heavy atom. The van der Waals surface area contributed by atoms with E-state index in [1.54, 1.807) is 0 Å². The topological polar surface area (TPSA) is 131 Å². The molecule has 1 unspecified atom stereocenters. The zero-order valence-corrected chi connectivity index (χ0v) is 19.8. The molecule has 1 aromatic heterocycles. The number of unbranched alkanes of at least 4 members (excludes halogenated alkanes) is 3. The number of fused-ring (bicyclic) bond motifs is 1. The van der Waals surface area contributed by atoms with E-state index < -0.39 is 0 Å². The molecule has 1 fully saturated rings. The van der Waals surface area contributed by atoms with E-state index in [2.05, 4.69) is 27.9 Å². The van der Waals surface area contributed by atoms with Gasteiger partial charge in [-0.25, -0.2) is 0 Å². The van der Waals surface area contributed by atoms with E-state index in [-0.39, 0.29) is 24.4 Å². The number of nitrogens with two attached hydrogens (primary N) is 2. The highest BCUT2D eigenvalue weighted by atomic mass is 35.5. The number of allylic oxidation sites excluding steroid dienone is 2. The number of likely N-dealkylation sites (tertiary alicyclic amines) is 1. The van der Waals surface area contributed by atoms with Crippen LogP contribution in [-0.2, 0) is 11.2 Å². The van der Waals surface area contributed by atoms with Crippen LogP contribution in [0.25, 0.3) is 5.57 Å². The minimum Gasteiger partial charge on any atom is -0.463 e. The van der Waals surface area contributed by atoms with Gasteiger partial charge in [-0.05, 0) is 57.2 Å². The number of nitrogen functional groups attached to an aromatic ring is 1. The van der Waals surface area contributed by atoms with Crippen LogP contribution in [0.2, 0.25) is 0 Å². The minimum atomic E-state index is -0.208. The van der Waals surface area contributed by atoms with Gasteiger partial charge in [-0.1, -0.05) is 26.2 Å². The van der Waals surface area contributed by atoms with Crippen LogP contribution in [0.15, 0.2) is 5.57 Å². The lowest BCUT2D eigenvalue weighted by molar-refractivity contribution is -0.124. The molecular formula is C23H35ClN6O2. The Morgan fingerprint density at radius 3 is 2.78 bits per heavy atom. The van der Waals surface area contributed by atoms with Crippen molar-refractivity contribution in [1.82, 2.24) is 14.9 Å². The zero-order valence-electron chi connectivity index (χ0n) is 18.9. The van der Waals surface area contributed by atoms with Crippen molar-refractivity contribution < 1.29 is 9.53 Å². The molecule has 32 heavy (non-hydrogen) atoms. The highest BCUT2D eigenvalue weighted by Crippen LogP contribution is 2.37. The first kappa shape index (κ1) is 25.9. The molecule has 1 atom stereocenters. The second-order valence-electron chi connectivity index (χ2n) is 8.43. The summed E-state index contributed by atoms with van der Waals surface area (Å²) in [5, 5.41) is 9.62. The molecule has 2 aliphatic rings. The predicted molar refractivity (Wildman–Crippen MR) is 127 cm³/mol. The molecule has 8 nitrogen and oxygen atoms in total. The van der Waals surface area contributed by atoms with Gasteiger partial charge in [-0.15, -0.1) is 12.4 Å². The van der Waals surface area contributed by atoms with Crippen LogP contribution in [0, 0.1) is 11.3 Å². The van der Waals surface area contributed by atoms with Gasteiger partial charge >= 0.3 is 6.01 Å². The maximum absolute atomic E-state index is 11.7. The fourth-order valence-corrected chi connectivity index (χ4v) is 4.45. The summed E-state index contributed by atoms with van der Waals surface area (Å²) in [7, 11) is 0. The van der Waals surface area contributed by atoms with Crippen LogP contribution in [0.1, 0.15) is 76.0 Å². The lowest BCUT2D eigenvalue weighted by atomic mass is 10.00. The third kappa shape index (κ3) is 6.33. The molecule has 1 aliphatic carbocycles. The largest absolute Gasteiger partial charge is 0.463 e. The predicted octanol–water partition coefficient (Wildman–Crippen LogP) is 3.39. The van der Waals surface area contributed by atoms with E-state index in [9.17, 15) is 10.1 Å². The van der Waals surface area contributed by atoms with Gasteiger partial charge in [0.15, 0.2) is 0 Å². The fourth-order valence-electron chi connectivity index (χ4n) is 4.45. The van der Waals surface area contributed by atoms with Crippen molar-refractivity contribution in [3.05, 3.63) is 16.8 Å². The normalized spacial score (nSPS) is 18.1. The number of primary amides is 1. The third-order valence-corrected chi connectivity index (χ3v) is 6.20. The average molecular weight is 463 g/mol. The zero-order chi connectivity index (χ0) is 22.2. The molecule has 0 spiro atoms.